The molecule has 8 rings (SSSR count). The van der Waals surface area contributed by atoms with Gasteiger partial charge >= 0.3 is 5.97 Å². The molecule has 0 amide bonds. The molecule has 2 unspecified atom stereocenters. The SMILES string of the molecule is C=C(C)[C@@H]1CC[C@]2(NCC[NH+]3C[C@@H]4CC3CO4)CC[C@]3(C)[C@H](CC[C@@H]4[C@@]5(C)CC=C(c6ccc(C(=O)O)cc6)C(C)(C)[C@@H]5CC[C@]43C)[C@@H]12. The van der Waals surface area contributed by atoms with E-state index in [2.05, 4.69) is 59.5 Å². The second kappa shape index (κ2) is 11.3. The fourth-order valence-electron chi connectivity index (χ4n) is 14.7. The number of allylic oxidation sites excluding steroid dienone is 3. The number of morpholine rings is 1. The number of benzene rings is 1. The number of carboxylic acids is 1. The highest BCUT2D eigenvalue weighted by molar-refractivity contribution is 5.88. The van der Waals surface area contributed by atoms with E-state index in [4.69, 9.17) is 4.74 Å². The topological polar surface area (TPSA) is 63.0 Å². The van der Waals surface area contributed by atoms with Gasteiger partial charge in [-0.2, -0.15) is 0 Å². The third-order valence-electron chi connectivity index (χ3n) is 17.2. The van der Waals surface area contributed by atoms with Crippen molar-refractivity contribution in [2.75, 3.05) is 26.2 Å². The molecule has 5 aliphatic carbocycles. The third kappa shape index (κ3) is 4.61. The Morgan fingerprint density at radius 2 is 1.75 bits per heavy atom. The number of quaternary nitrogens is 1. The van der Waals surface area contributed by atoms with Crippen molar-refractivity contribution in [3.8, 4) is 0 Å². The number of rotatable bonds is 7. The van der Waals surface area contributed by atoms with Crippen LogP contribution in [0.1, 0.15) is 122 Å². The number of hydrogen-bond donors (Lipinski definition) is 3. The van der Waals surface area contributed by atoms with Crippen molar-refractivity contribution in [1.82, 2.24) is 5.32 Å². The number of fused-ring (bicyclic) bond motifs is 9. The summed E-state index contributed by atoms with van der Waals surface area (Å²) in [5, 5.41) is 13.8. The van der Waals surface area contributed by atoms with Gasteiger partial charge in [0.05, 0.1) is 18.7 Å². The van der Waals surface area contributed by atoms with E-state index in [1.54, 1.807) is 17.0 Å². The summed E-state index contributed by atoms with van der Waals surface area (Å²) in [6.45, 7) is 24.7. The van der Waals surface area contributed by atoms with Gasteiger partial charge in [0.25, 0.3) is 0 Å². The van der Waals surface area contributed by atoms with Crippen LogP contribution in [0.25, 0.3) is 5.57 Å². The van der Waals surface area contributed by atoms with E-state index in [9.17, 15) is 9.90 Å². The van der Waals surface area contributed by atoms with Gasteiger partial charge in [0, 0.05) is 18.5 Å². The predicted molar refractivity (Wildman–Crippen MR) is 193 cm³/mol. The maximum absolute atomic E-state index is 11.6. The first kappa shape index (κ1) is 33.2. The smallest absolute Gasteiger partial charge is 0.335 e. The zero-order valence-electron chi connectivity index (χ0n) is 30.8. The summed E-state index contributed by atoms with van der Waals surface area (Å²) in [5.74, 6) is 2.59. The molecule has 1 aromatic carbocycles. The van der Waals surface area contributed by atoms with Crippen LogP contribution in [0, 0.1) is 51.2 Å². The number of nitrogens with one attached hydrogen (secondary N) is 2. The van der Waals surface area contributed by atoms with Crippen molar-refractivity contribution in [1.29, 1.82) is 0 Å². The van der Waals surface area contributed by atoms with Crippen molar-refractivity contribution in [3.05, 3.63) is 53.6 Å². The quantitative estimate of drug-likeness (QED) is 0.268. The summed E-state index contributed by atoms with van der Waals surface area (Å²) in [4.78, 5) is 13.3. The maximum Gasteiger partial charge on any atom is 0.335 e. The third-order valence-corrected chi connectivity index (χ3v) is 17.2. The van der Waals surface area contributed by atoms with Crippen LogP contribution in [-0.2, 0) is 4.74 Å². The highest BCUT2D eigenvalue weighted by Crippen LogP contribution is 2.76. The average Bonchev–Trinajstić information content (AvgIpc) is 3.76. The van der Waals surface area contributed by atoms with Crippen LogP contribution >= 0.6 is 0 Å². The zero-order chi connectivity index (χ0) is 33.9. The molecule has 0 aromatic heterocycles. The van der Waals surface area contributed by atoms with Gasteiger partial charge in [0.1, 0.15) is 18.7 Å². The van der Waals surface area contributed by atoms with Gasteiger partial charge in [-0.05, 0) is 139 Å². The number of likely N-dealkylation sites (tertiary alicyclic amines) is 1. The van der Waals surface area contributed by atoms with Crippen molar-refractivity contribution in [2.24, 2.45) is 51.2 Å². The normalized spacial score (nSPS) is 47.0. The first-order valence-electron chi connectivity index (χ1n) is 19.6. The standard InChI is InChI=1S/C43H62N2O3/c1-27(2)32-14-19-43(44-22-23-45-25-31-24-30(45)26-48-31)21-20-41(6)34(37(32)43)12-13-36-40(5)17-15-33(28-8-10-29(11-9-28)38(46)47)39(3,4)35(40)16-18-42(36,41)7/h8-11,15,30-32,34-37,44H,1,12-14,16-26H2,2-7H3,(H,46,47)/p+1/t30?,31-,32-,34+,35-,36+,37+,40-,41+,42+,43-/m0/s1. The summed E-state index contributed by atoms with van der Waals surface area (Å²) in [6.07, 6.45) is 16.1. The van der Waals surface area contributed by atoms with Crippen molar-refractivity contribution >= 4 is 11.5 Å². The monoisotopic (exact) mass is 655 g/mol. The largest absolute Gasteiger partial charge is 0.478 e. The molecular formula is C43H63N2O3+. The van der Waals surface area contributed by atoms with Crippen LogP contribution in [0.3, 0.4) is 0 Å². The highest BCUT2D eigenvalue weighted by Gasteiger charge is 2.70. The van der Waals surface area contributed by atoms with E-state index in [0.29, 0.717) is 40.3 Å². The number of hydrogen-bond acceptors (Lipinski definition) is 3. The van der Waals surface area contributed by atoms with E-state index in [1.807, 2.05) is 12.1 Å². The Bertz CT molecular complexity index is 1500. The Balaban J connectivity index is 1.07. The second-order valence-corrected chi connectivity index (χ2v) is 19.2. The maximum atomic E-state index is 11.6. The van der Waals surface area contributed by atoms with Crippen LogP contribution in [0.5, 0.6) is 0 Å². The predicted octanol–water partition coefficient (Wildman–Crippen LogP) is 7.43. The Labute approximate surface area is 290 Å². The van der Waals surface area contributed by atoms with E-state index in [0.717, 1.165) is 37.5 Å². The van der Waals surface area contributed by atoms with Crippen molar-refractivity contribution < 1.29 is 19.5 Å². The highest BCUT2D eigenvalue weighted by atomic mass is 16.5. The van der Waals surface area contributed by atoms with Crippen molar-refractivity contribution in [3.63, 3.8) is 0 Å². The Hall–Kier alpha value is -1.95. The molecule has 262 valence electrons. The van der Waals surface area contributed by atoms with Gasteiger partial charge in [-0.15, -0.1) is 0 Å². The summed E-state index contributed by atoms with van der Waals surface area (Å²) in [6, 6.07) is 8.39. The average molecular weight is 656 g/mol. The first-order chi connectivity index (χ1) is 22.7. The molecule has 6 fully saturated rings. The molecule has 2 bridgehead atoms. The van der Waals surface area contributed by atoms with E-state index >= 15 is 0 Å². The number of carboxylic acid groups (broad SMARTS) is 1. The van der Waals surface area contributed by atoms with Gasteiger partial charge in [-0.1, -0.05) is 65.0 Å². The first-order valence-corrected chi connectivity index (χ1v) is 19.6. The summed E-state index contributed by atoms with van der Waals surface area (Å²) in [7, 11) is 0. The minimum absolute atomic E-state index is 0.0436. The Morgan fingerprint density at radius 1 is 0.979 bits per heavy atom. The second-order valence-electron chi connectivity index (χ2n) is 19.2. The summed E-state index contributed by atoms with van der Waals surface area (Å²) in [5.41, 5.74) is 5.68. The van der Waals surface area contributed by atoms with E-state index in [-0.39, 0.29) is 16.4 Å². The number of aromatic carboxylic acids is 1. The van der Waals surface area contributed by atoms with Crippen LogP contribution < -0.4 is 10.2 Å². The lowest BCUT2D eigenvalue weighted by Crippen LogP contribution is -3.16. The van der Waals surface area contributed by atoms with Crippen molar-refractivity contribution in [2.45, 2.75) is 123 Å². The molecule has 4 saturated carbocycles. The zero-order valence-corrected chi connectivity index (χ0v) is 30.8. The molecule has 48 heavy (non-hydrogen) atoms. The lowest BCUT2D eigenvalue weighted by Gasteiger charge is -2.72. The molecule has 2 aliphatic heterocycles. The Kier molecular flexibility index (Phi) is 7.80. The van der Waals surface area contributed by atoms with Crippen LogP contribution in [0.2, 0.25) is 0 Å². The van der Waals surface area contributed by atoms with E-state index in [1.165, 1.54) is 87.6 Å². The number of carbonyl (C=O) groups is 1. The molecule has 1 aromatic rings. The molecule has 5 heteroatoms. The molecule has 7 aliphatic rings. The van der Waals surface area contributed by atoms with Crippen LogP contribution in [-0.4, -0.2) is 55.0 Å². The molecule has 0 spiro atoms. The fourth-order valence-corrected chi connectivity index (χ4v) is 14.7. The van der Waals surface area contributed by atoms with Gasteiger partial charge in [-0.25, -0.2) is 4.79 Å². The summed E-state index contributed by atoms with van der Waals surface area (Å²) < 4.78 is 5.93. The molecule has 0 radical (unpaired) electrons. The van der Waals surface area contributed by atoms with Gasteiger partial charge in [0.2, 0.25) is 0 Å². The number of ether oxygens (including phenoxy) is 1. The molecular weight excluding hydrogens is 592 g/mol. The lowest BCUT2D eigenvalue weighted by molar-refractivity contribution is -0.918. The molecule has 2 heterocycles. The van der Waals surface area contributed by atoms with Gasteiger partial charge in [0.15, 0.2) is 0 Å². The van der Waals surface area contributed by atoms with Gasteiger partial charge in [-0.3, -0.25) is 0 Å². The molecule has 3 N–H and O–H groups in total. The van der Waals surface area contributed by atoms with Crippen LogP contribution in [0.4, 0.5) is 0 Å². The molecule has 5 nitrogen and oxygen atoms in total. The summed E-state index contributed by atoms with van der Waals surface area (Å²) >= 11 is 0. The molecule has 2 saturated heterocycles. The molecule has 12 atom stereocenters. The van der Waals surface area contributed by atoms with Gasteiger partial charge < -0.3 is 20.1 Å². The minimum Gasteiger partial charge on any atom is -0.478 e. The van der Waals surface area contributed by atoms with E-state index < -0.39 is 5.97 Å². The lowest BCUT2D eigenvalue weighted by atomic mass is 9.33. The Morgan fingerprint density at radius 3 is 2.42 bits per heavy atom. The van der Waals surface area contributed by atoms with Crippen LogP contribution in [0.15, 0.2) is 42.5 Å². The minimum atomic E-state index is -0.852. The fraction of sp³-hybridized carbons (Fsp3) is 0.744.